The third-order valence-corrected chi connectivity index (χ3v) is 22.5. The number of ether oxygens (including phenoxy) is 4. The quantitative estimate of drug-likeness (QED) is 0.118. The summed E-state index contributed by atoms with van der Waals surface area (Å²) in [6, 6.07) is 118. The molecule has 17 aromatic rings. The standard InChI is InChI=1S/C100H66N4O4/c1-99(2)79-27-14-12-25-77(79)93-81(99)47-51-89-95(93)107-91-55-70(44-49-87(91)105-89)63-33-38-66(39-34-63)84-58-86(74-43-46-76-72(54-74)42-37-64-19-10-11-24-75(64)76)104-97(102-84)67-31-29-60(30-32-67)59-100(3)80-28-15-13-26-78(80)94-82(100)48-52-90-96(94)108-92-56-71(45-50-88(92)106-90)69-22-16-23-73(53-69)85-57-83(65-20-8-5-9-21-65)101-98(103-85)68-40-35-62(36-41-68)61-17-6-4-7-18-61/h4-58H,59H2,1-3H3. The molecule has 4 aliphatic rings. The predicted octanol–water partition coefficient (Wildman–Crippen LogP) is 26.2. The monoisotopic (exact) mass is 1390 g/mol. The fourth-order valence-corrected chi connectivity index (χ4v) is 16.9. The molecule has 21 rings (SSSR count). The molecule has 8 nitrogen and oxygen atoms in total. The Hall–Kier alpha value is -13.8. The Bertz CT molecular complexity index is 6550. The molecule has 8 heteroatoms. The maximum absolute atomic E-state index is 7.16. The first-order chi connectivity index (χ1) is 53.0. The first-order valence-electron chi connectivity index (χ1n) is 36.8. The highest BCUT2D eigenvalue weighted by Gasteiger charge is 2.44. The summed E-state index contributed by atoms with van der Waals surface area (Å²) in [6.45, 7) is 6.92. The summed E-state index contributed by atoms with van der Waals surface area (Å²) in [5, 5.41) is 4.79. The minimum Gasteiger partial charge on any atom is -0.449 e. The Labute approximate surface area is 625 Å². The highest BCUT2D eigenvalue weighted by atomic mass is 16.6. The Kier molecular flexibility index (Phi) is 14.3. The molecule has 108 heavy (non-hydrogen) atoms. The van der Waals surface area contributed by atoms with Crippen molar-refractivity contribution in [1.29, 1.82) is 0 Å². The van der Waals surface area contributed by atoms with Crippen molar-refractivity contribution >= 4 is 21.5 Å². The van der Waals surface area contributed by atoms with E-state index in [9.17, 15) is 0 Å². The molecule has 510 valence electrons. The van der Waals surface area contributed by atoms with Crippen LogP contribution in [0, 0.1) is 0 Å². The zero-order chi connectivity index (χ0) is 71.8. The molecule has 1 unspecified atom stereocenters. The van der Waals surface area contributed by atoms with Crippen LogP contribution in [-0.4, -0.2) is 19.9 Å². The van der Waals surface area contributed by atoms with Crippen LogP contribution in [0.1, 0.15) is 48.6 Å². The fourth-order valence-electron chi connectivity index (χ4n) is 16.9. The second-order valence-corrected chi connectivity index (χ2v) is 29.4. The summed E-state index contributed by atoms with van der Waals surface area (Å²) in [7, 11) is 0. The van der Waals surface area contributed by atoms with Crippen LogP contribution in [0.15, 0.2) is 334 Å². The normalized spacial score (nSPS) is 14.3. The molecule has 0 N–H and O–H groups in total. The lowest BCUT2D eigenvalue weighted by molar-refractivity contribution is 0.360. The molecule has 0 radical (unpaired) electrons. The molecule has 2 aliphatic carbocycles. The highest BCUT2D eigenvalue weighted by molar-refractivity contribution is 6.08. The highest BCUT2D eigenvalue weighted by Crippen LogP contribution is 2.61. The molecule has 0 spiro atoms. The maximum Gasteiger partial charge on any atom is 0.178 e. The van der Waals surface area contributed by atoms with Gasteiger partial charge in [0.05, 0.1) is 22.8 Å². The van der Waals surface area contributed by atoms with E-state index in [4.69, 9.17) is 38.9 Å². The summed E-state index contributed by atoms with van der Waals surface area (Å²) < 4.78 is 27.4. The number of hydrogen-bond donors (Lipinski definition) is 0. The number of rotatable bonds is 11. The van der Waals surface area contributed by atoms with E-state index in [0.29, 0.717) is 46.1 Å². The summed E-state index contributed by atoms with van der Waals surface area (Å²) >= 11 is 0. The number of fused-ring (bicyclic) bond motifs is 15. The molecular weight excluding hydrogens is 1320 g/mol. The molecular formula is C100H66N4O4. The lowest BCUT2D eigenvalue weighted by atomic mass is 9.75. The van der Waals surface area contributed by atoms with Gasteiger partial charge in [-0.3, -0.25) is 0 Å². The summed E-state index contributed by atoms with van der Waals surface area (Å²) in [5.74, 6) is 6.87. The predicted molar refractivity (Wildman–Crippen MR) is 434 cm³/mol. The first-order valence-corrected chi connectivity index (χ1v) is 36.8. The third kappa shape index (κ3) is 10.5. The lowest BCUT2D eigenvalue weighted by Gasteiger charge is -2.29. The zero-order valence-corrected chi connectivity index (χ0v) is 59.4. The van der Waals surface area contributed by atoms with Crippen molar-refractivity contribution in [3.8, 4) is 169 Å². The van der Waals surface area contributed by atoms with Gasteiger partial charge in [0, 0.05) is 55.3 Å². The van der Waals surface area contributed by atoms with Gasteiger partial charge >= 0.3 is 0 Å². The summed E-state index contributed by atoms with van der Waals surface area (Å²) in [4.78, 5) is 21.2. The van der Waals surface area contributed by atoms with Gasteiger partial charge in [-0.15, -0.1) is 0 Å². The van der Waals surface area contributed by atoms with Crippen molar-refractivity contribution in [2.24, 2.45) is 0 Å². The van der Waals surface area contributed by atoms with Crippen molar-refractivity contribution in [3.05, 3.63) is 361 Å². The molecule has 15 aromatic carbocycles. The van der Waals surface area contributed by atoms with Gasteiger partial charge in [0.25, 0.3) is 0 Å². The Balaban J connectivity index is 0.579. The van der Waals surface area contributed by atoms with E-state index >= 15 is 0 Å². The van der Waals surface area contributed by atoms with Crippen molar-refractivity contribution in [2.75, 3.05) is 0 Å². The average molecular weight is 1390 g/mol. The largest absolute Gasteiger partial charge is 0.449 e. The van der Waals surface area contributed by atoms with Gasteiger partial charge in [0.2, 0.25) is 0 Å². The van der Waals surface area contributed by atoms with Crippen molar-refractivity contribution in [1.82, 2.24) is 19.9 Å². The SMILES string of the molecule is CC1(C)c2ccccc2-c2c1ccc1c2Oc2cc(-c3ccc(-c4cc(-c5ccc6c(ccc7ccccc76)c5)nc(-c5ccc(CC6(C)c7ccccc7-c7c6ccc6c7Oc7cc(-c8cccc(-c9cc(-c%10ccccc%10)nc(-c%10ccc(-c%11ccccc%11)cc%10)n9)c8)ccc7O6)cc5)n4)cc3)ccc2O1. The van der Waals surface area contributed by atoms with Gasteiger partial charge in [-0.1, -0.05) is 294 Å². The van der Waals surface area contributed by atoms with E-state index in [1.807, 2.05) is 42.5 Å². The second-order valence-electron chi connectivity index (χ2n) is 29.4. The molecule has 4 heterocycles. The summed E-state index contributed by atoms with van der Waals surface area (Å²) in [5.41, 5.74) is 25.6. The Morgan fingerprint density at radius 3 is 1.32 bits per heavy atom. The zero-order valence-electron chi connectivity index (χ0n) is 59.4. The first kappa shape index (κ1) is 62.7. The number of aromatic nitrogens is 4. The van der Waals surface area contributed by atoms with E-state index in [1.54, 1.807) is 0 Å². The molecule has 0 amide bonds. The Morgan fingerprint density at radius 1 is 0.250 bits per heavy atom. The van der Waals surface area contributed by atoms with Crippen LogP contribution in [0.5, 0.6) is 46.0 Å². The van der Waals surface area contributed by atoms with E-state index in [2.05, 4.69) is 312 Å². The topological polar surface area (TPSA) is 88.5 Å². The lowest BCUT2D eigenvalue weighted by Crippen LogP contribution is -2.24. The molecule has 0 bridgehead atoms. The number of nitrogens with zero attached hydrogens (tertiary/aromatic N) is 4. The third-order valence-electron chi connectivity index (χ3n) is 22.5. The van der Waals surface area contributed by atoms with Crippen LogP contribution in [-0.2, 0) is 17.3 Å². The van der Waals surface area contributed by atoms with Crippen molar-refractivity contribution in [2.45, 2.75) is 38.0 Å². The molecule has 1 atom stereocenters. The van der Waals surface area contributed by atoms with Crippen LogP contribution >= 0.6 is 0 Å². The fraction of sp³-hybridized carbons (Fsp3) is 0.0600. The number of hydrogen-bond acceptors (Lipinski definition) is 8. The van der Waals surface area contributed by atoms with E-state index in [0.717, 1.165) is 130 Å². The van der Waals surface area contributed by atoms with Crippen LogP contribution in [0.2, 0.25) is 0 Å². The maximum atomic E-state index is 7.16. The smallest absolute Gasteiger partial charge is 0.178 e. The molecule has 0 fully saturated rings. The van der Waals surface area contributed by atoms with Crippen LogP contribution in [0.4, 0.5) is 0 Å². The summed E-state index contributed by atoms with van der Waals surface area (Å²) in [6.07, 6.45) is 0.727. The van der Waals surface area contributed by atoms with Crippen molar-refractivity contribution < 1.29 is 18.9 Å². The molecule has 2 aliphatic heterocycles. The molecule has 2 aromatic heterocycles. The van der Waals surface area contributed by atoms with Crippen molar-refractivity contribution in [3.63, 3.8) is 0 Å². The minimum atomic E-state index is -0.423. The minimum absolute atomic E-state index is 0.163. The number of benzene rings is 15. The second kappa shape index (κ2) is 24.7. The van der Waals surface area contributed by atoms with E-state index in [-0.39, 0.29) is 5.41 Å². The molecule has 0 saturated heterocycles. The molecule has 0 saturated carbocycles. The Morgan fingerprint density at radius 2 is 0.667 bits per heavy atom. The van der Waals surface area contributed by atoms with Gasteiger partial charge in [-0.05, 0) is 161 Å². The van der Waals surface area contributed by atoms with Gasteiger partial charge in [0.1, 0.15) is 0 Å². The van der Waals surface area contributed by atoms with Crippen LogP contribution < -0.4 is 18.9 Å². The van der Waals surface area contributed by atoms with Gasteiger partial charge in [-0.2, -0.15) is 0 Å². The van der Waals surface area contributed by atoms with Crippen LogP contribution in [0.25, 0.3) is 145 Å². The van der Waals surface area contributed by atoms with Gasteiger partial charge in [0.15, 0.2) is 57.6 Å². The van der Waals surface area contributed by atoms with Gasteiger partial charge < -0.3 is 18.9 Å². The van der Waals surface area contributed by atoms with Gasteiger partial charge in [-0.25, -0.2) is 19.9 Å². The van der Waals surface area contributed by atoms with Crippen LogP contribution in [0.3, 0.4) is 0 Å². The van der Waals surface area contributed by atoms with E-state index < -0.39 is 5.41 Å². The average Bonchev–Trinajstić information content (AvgIpc) is 1.55. The van der Waals surface area contributed by atoms with E-state index in [1.165, 1.54) is 49.5 Å².